The van der Waals surface area contributed by atoms with Crippen LogP contribution in [0, 0.1) is 0 Å². The van der Waals surface area contributed by atoms with Crippen LogP contribution in [0.1, 0.15) is 0 Å². The van der Waals surface area contributed by atoms with Crippen molar-refractivity contribution in [2.24, 2.45) is 0 Å². The van der Waals surface area contributed by atoms with Gasteiger partial charge in [-0.25, -0.2) is 0 Å². The molecule has 0 aliphatic carbocycles. The van der Waals surface area contributed by atoms with Gasteiger partial charge in [-0.1, -0.05) is 13.2 Å². The molecule has 0 aromatic carbocycles. The first-order chi connectivity index (χ1) is 2.41. The first-order valence-electron chi connectivity index (χ1n) is 1.29. The van der Waals surface area contributed by atoms with E-state index in [4.69, 9.17) is 0 Å². The van der Waals surface area contributed by atoms with Crippen molar-refractivity contribution < 1.29 is 23.6 Å². The van der Waals surface area contributed by atoms with Crippen molar-refractivity contribution in [1.29, 1.82) is 0 Å². The Bertz CT molecular complexity index is 36.8. The molecule has 0 radical (unpaired) electrons. The van der Waals surface area contributed by atoms with E-state index in [9.17, 15) is 0 Å². The van der Waals surface area contributed by atoms with E-state index >= 15 is 0 Å². The van der Waals surface area contributed by atoms with Gasteiger partial charge in [0.2, 0.25) is 0 Å². The van der Waals surface area contributed by atoms with Gasteiger partial charge < -0.3 is 4.74 Å². The van der Waals surface area contributed by atoms with Gasteiger partial charge in [0.05, 0.1) is 12.5 Å². The second-order valence-electron chi connectivity index (χ2n) is 0.469. The van der Waals surface area contributed by atoms with Gasteiger partial charge in [-0.05, 0) is 0 Å². The van der Waals surface area contributed by atoms with Crippen molar-refractivity contribution >= 4 is 0 Å². The summed E-state index contributed by atoms with van der Waals surface area (Å²) in [6.45, 7) is 6.51. The van der Waals surface area contributed by atoms with E-state index in [2.05, 4.69) is 17.9 Å². The zero-order valence-corrected chi connectivity index (χ0v) is 3.98. The van der Waals surface area contributed by atoms with Gasteiger partial charge in [0.1, 0.15) is 0 Å². The Morgan fingerprint density at radius 2 is 1.50 bits per heavy atom. The standard InChI is InChI=1S/C4H6O.Li/c1-3-5-4-2;/h3-4H,1-2H2;/q;+1. The molecule has 0 spiro atoms. The minimum absolute atomic E-state index is 0. The normalized spacial score (nSPS) is 4.67. The molecular weight excluding hydrogens is 71.0 g/mol. The minimum Gasteiger partial charge on any atom is -0.474 e. The number of ether oxygens (including phenoxy) is 1. The summed E-state index contributed by atoms with van der Waals surface area (Å²) >= 11 is 0. The maximum absolute atomic E-state index is 4.36. The number of hydrogen-bond acceptors (Lipinski definition) is 1. The summed E-state index contributed by atoms with van der Waals surface area (Å²) in [6, 6.07) is 0. The van der Waals surface area contributed by atoms with Gasteiger partial charge in [-0.2, -0.15) is 0 Å². The van der Waals surface area contributed by atoms with Crippen molar-refractivity contribution in [1.82, 2.24) is 0 Å². The van der Waals surface area contributed by atoms with E-state index in [-0.39, 0.29) is 18.9 Å². The molecule has 1 nitrogen and oxygen atoms in total. The Labute approximate surface area is 49.9 Å². The molecule has 0 bridgehead atoms. The van der Waals surface area contributed by atoms with E-state index in [1.165, 1.54) is 12.5 Å². The van der Waals surface area contributed by atoms with Gasteiger partial charge in [0.25, 0.3) is 0 Å². The van der Waals surface area contributed by atoms with E-state index in [1.54, 1.807) is 0 Å². The molecule has 2 heteroatoms. The molecule has 0 N–H and O–H groups in total. The van der Waals surface area contributed by atoms with Crippen molar-refractivity contribution in [2.75, 3.05) is 0 Å². The number of rotatable bonds is 2. The molecule has 28 valence electrons. The van der Waals surface area contributed by atoms with Crippen LogP contribution in [0.4, 0.5) is 0 Å². The molecule has 0 aliphatic heterocycles. The Balaban J connectivity index is 0. The van der Waals surface area contributed by atoms with Crippen LogP contribution >= 0.6 is 0 Å². The Kier molecular flexibility index (Phi) is 13.7. The van der Waals surface area contributed by atoms with Crippen LogP contribution in [0.3, 0.4) is 0 Å². The summed E-state index contributed by atoms with van der Waals surface area (Å²) in [4.78, 5) is 0. The predicted octanol–water partition coefficient (Wildman–Crippen LogP) is -1.71. The monoisotopic (exact) mass is 77.1 g/mol. The largest absolute Gasteiger partial charge is 1.00 e. The molecule has 0 fully saturated rings. The molecular formula is C4H6LiO+. The van der Waals surface area contributed by atoms with Crippen LogP contribution in [-0.4, -0.2) is 0 Å². The van der Waals surface area contributed by atoms with Crippen molar-refractivity contribution in [2.45, 2.75) is 0 Å². The summed E-state index contributed by atoms with van der Waals surface area (Å²) in [5, 5.41) is 0. The van der Waals surface area contributed by atoms with E-state index in [1.807, 2.05) is 0 Å². The SMILES string of the molecule is C=COC=C.[Li+]. The summed E-state index contributed by atoms with van der Waals surface area (Å²) < 4.78 is 4.36. The molecule has 0 aliphatic rings. The molecule has 6 heavy (non-hydrogen) atoms. The molecule has 0 saturated heterocycles. The fourth-order valence-corrected chi connectivity index (χ4v) is 0.0680. The average Bonchev–Trinajstić information content (AvgIpc) is 1.41. The first kappa shape index (κ1) is 9.30. The topological polar surface area (TPSA) is 9.23 Å². The maximum atomic E-state index is 4.36. The van der Waals surface area contributed by atoms with Gasteiger partial charge in [0.15, 0.2) is 0 Å². The quantitative estimate of drug-likeness (QED) is 0.282. The summed E-state index contributed by atoms with van der Waals surface area (Å²) in [5.41, 5.74) is 0. The smallest absolute Gasteiger partial charge is 0.474 e. The third-order valence-corrected chi connectivity index (χ3v) is 0.192. The van der Waals surface area contributed by atoms with Crippen LogP contribution in [0.5, 0.6) is 0 Å². The van der Waals surface area contributed by atoms with Gasteiger partial charge in [-0.15, -0.1) is 0 Å². The first-order valence-corrected chi connectivity index (χ1v) is 1.29. The van der Waals surface area contributed by atoms with Crippen LogP contribution < -0.4 is 18.9 Å². The third-order valence-electron chi connectivity index (χ3n) is 0.192. The molecule has 0 amide bonds. The zero-order valence-electron chi connectivity index (χ0n) is 3.98. The third kappa shape index (κ3) is 9.11. The molecule has 0 atom stereocenters. The van der Waals surface area contributed by atoms with Crippen molar-refractivity contribution in [3.05, 3.63) is 25.7 Å². The molecule has 0 rings (SSSR count). The maximum Gasteiger partial charge on any atom is 1.00 e. The van der Waals surface area contributed by atoms with Crippen molar-refractivity contribution in [3.63, 3.8) is 0 Å². The van der Waals surface area contributed by atoms with Gasteiger partial charge in [0, 0.05) is 0 Å². The second-order valence-corrected chi connectivity index (χ2v) is 0.469. The Morgan fingerprint density at radius 3 is 1.50 bits per heavy atom. The molecule has 0 aromatic rings. The second kappa shape index (κ2) is 8.86. The van der Waals surface area contributed by atoms with Crippen LogP contribution in [0.15, 0.2) is 25.7 Å². The minimum atomic E-state index is 0. The fraction of sp³-hybridized carbons (Fsp3) is 0. The fourth-order valence-electron chi connectivity index (χ4n) is 0.0680. The Morgan fingerprint density at radius 1 is 1.17 bits per heavy atom. The van der Waals surface area contributed by atoms with Crippen LogP contribution in [-0.2, 0) is 4.74 Å². The molecule has 0 saturated carbocycles. The molecule has 0 heterocycles. The van der Waals surface area contributed by atoms with Crippen molar-refractivity contribution in [3.8, 4) is 0 Å². The summed E-state index contributed by atoms with van der Waals surface area (Å²) in [6.07, 6.45) is 2.62. The molecule has 0 aromatic heterocycles. The van der Waals surface area contributed by atoms with Gasteiger partial charge >= 0.3 is 18.9 Å². The summed E-state index contributed by atoms with van der Waals surface area (Å²) in [5.74, 6) is 0. The zero-order chi connectivity index (χ0) is 4.12. The molecule has 0 unspecified atom stereocenters. The number of hydrogen-bond donors (Lipinski definition) is 0. The van der Waals surface area contributed by atoms with E-state index in [0.717, 1.165) is 0 Å². The van der Waals surface area contributed by atoms with Crippen LogP contribution in [0.25, 0.3) is 0 Å². The summed E-state index contributed by atoms with van der Waals surface area (Å²) in [7, 11) is 0. The van der Waals surface area contributed by atoms with E-state index in [0.29, 0.717) is 0 Å². The average molecular weight is 77.0 g/mol. The van der Waals surface area contributed by atoms with Crippen LogP contribution in [0.2, 0.25) is 0 Å². The predicted molar refractivity (Wildman–Crippen MR) is 21.5 cm³/mol. The van der Waals surface area contributed by atoms with E-state index < -0.39 is 0 Å². The Hall–Kier alpha value is -0.123. The van der Waals surface area contributed by atoms with Gasteiger partial charge in [-0.3, -0.25) is 0 Å².